The van der Waals surface area contributed by atoms with E-state index in [1.54, 1.807) is 6.20 Å². The van der Waals surface area contributed by atoms with Gasteiger partial charge in [0.2, 0.25) is 5.88 Å². The molecule has 2 rings (SSSR count). The molecule has 5 heteroatoms. The number of hydrogen-bond acceptors (Lipinski definition) is 4. The molecule has 0 bridgehead atoms. The summed E-state index contributed by atoms with van der Waals surface area (Å²) in [7, 11) is 0. The average Bonchev–Trinajstić information content (AvgIpc) is 2.80. The highest BCUT2D eigenvalue weighted by Crippen LogP contribution is 2.15. The van der Waals surface area contributed by atoms with Gasteiger partial charge in [0.1, 0.15) is 0 Å². The average molecular weight is 288 g/mol. The summed E-state index contributed by atoms with van der Waals surface area (Å²) < 4.78 is 7.75. The maximum atomic E-state index is 5.73. The van der Waals surface area contributed by atoms with E-state index in [4.69, 9.17) is 4.74 Å². The molecule has 0 aromatic carbocycles. The Balaban J connectivity index is 1.97. The summed E-state index contributed by atoms with van der Waals surface area (Å²) >= 11 is 0. The summed E-state index contributed by atoms with van der Waals surface area (Å²) in [6, 6.07) is 6.09. The number of rotatable bonds is 7. The van der Waals surface area contributed by atoms with E-state index in [0.29, 0.717) is 5.88 Å². The van der Waals surface area contributed by atoms with Crippen LogP contribution < -0.4 is 10.1 Å². The van der Waals surface area contributed by atoms with Gasteiger partial charge in [0.05, 0.1) is 17.5 Å². The molecule has 0 radical (unpaired) electrons. The molecule has 5 nitrogen and oxygen atoms in total. The third-order valence-electron chi connectivity index (χ3n) is 3.10. The van der Waals surface area contributed by atoms with Crippen molar-refractivity contribution in [2.24, 2.45) is 0 Å². The molecule has 2 aromatic heterocycles. The van der Waals surface area contributed by atoms with Gasteiger partial charge in [-0.2, -0.15) is 5.10 Å². The summed E-state index contributed by atoms with van der Waals surface area (Å²) in [6.45, 7) is 10.5. The van der Waals surface area contributed by atoms with Crippen LogP contribution in [0.4, 0.5) is 0 Å². The zero-order valence-electron chi connectivity index (χ0n) is 13.3. The SMILES string of the molecule is CCn1nc(C)cc1CNCc1cccnc1OC(C)C. The monoisotopic (exact) mass is 288 g/mol. The van der Waals surface area contributed by atoms with Gasteiger partial charge in [0.25, 0.3) is 0 Å². The maximum absolute atomic E-state index is 5.73. The van der Waals surface area contributed by atoms with E-state index in [9.17, 15) is 0 Å². The number of nitrogens with one attached hydrogen (secondary N) is 1. The van der Waals surface area contributed by atoms with Crippen LogP contribution in [0.25, 0.3) is 0 Å². The van der Waals surface area contributed by atoms with Gasteiger partial charge in [-0.15, -0.1) is 0 Å². The lowest BCUT2D eigenvalue weighted by atomic mass is 10.2. The molecule has 0 amide bonds. The van der Waals surface area contributed by atoms with Gasteiger partial charge in [-0.1, -0.05) is 6.07 Å². The molecule has 0 fully saturated rings. The minimum absolute atomic E-state index is 0.128. The fraction of sp³-hybridized carbons (Fsp3) is 0.500. The van der Waals surface area contributed by atoms with Gasteiger partial charge in [-0.3, -0.25) is 4.68 Å². The predicted molar refractivity (Wildman–Crippen MR) is 83.2 cm³/mol. The Bertz CT molecular complexity index is 577. The van der Waals surface area contributed by atoms with Crippen LogP contribution in [-0.2, 0) is 19.6 Å². The van der Waals surface area contributed by atoms with E-state index in [1.165, 1.54) is 5.69 Å². The first-order chi connectivity index (χ1) is 10.1. The molecule has 114 valence electrons. The van der Waals surface area contributed by atoms with Crippen molar-refractivity contribution in [2.45, 2.75) is 53.4 Å². The van der Waals surface area contributed by atoms with E-state index in [1.807, 2.05) is 37.6 Å². The highest BCUT2D eigenvalue weighted by Gasteiger charge is 2.08. The van der Waals surface area contributed by atoms with Crippen molar-refractivity contribution in [1.29, 1.82) is 0 Å². The minimum Gasteiger partial charge on any atom is -0.475 e. The molecule has 0 aliphatic rings. The Morgan fingerprint density at radius 3 is 2.86 bits per heavy atom. The fourth-order valence-corrected chi connectivity index (χ4v) is 2.23. The highest BCUT2D eigenvalue weighted by molar-refractivity contribution is 5.25. The van der Waals surface area contributed by atoms with Gasteiger partial charge in [0.15, 0.2) is 0 Å². The van der Waals surface area contributed by atoms with Crippen molar-refractivity contribution >= 4 is 0 Å². The Labute approximate surface area is 126 Å². The van der Waals surface area contributed by atoms with Crippen LogP contribution in [0.15, 0.2) is 24.4 Å². The summed E-state index contributed by atoms with van der Waals surface area (Å²) in [5.74, 6) is 0.708. The van der Waals surface area contributed by atoms with E-state index < -0.39 is 0 Å². The lowest BCUT2D eigenvalue weighted by molar-refractivity contribution is 0.229. The largest absolute Gasteiger partial charge is 0.475 e. The van der Waals surface area contributed by atoms with Crippen LogP contribution in [0, 0.1) is 6.92 Å². The fourth-order valence-electron chi connectivity index (χ4n) is 2.23. The highest BCUT2D eigenvalue weighted by atomic mass is 16.5. The van der Waals surface area contributed by atoms with Crippen molar-refractivity contribution in [3.8, 4) is 5.88 Å². The number of hydrogen-bond donors (Lipinski definition) is 1. The summed E-state index contributed by atoms with van der Waals surface area (Å²) in [5, 5.41) is 7.89. The molecular formula is C16H24N4O. The van der Waals surface area contributed by atoms with Crippen molar-refractivity contribution in [2.75, 3.05) is 0 Å². The summed E-state index contributed by atoms with van der Waals surface area (Å²) in [4.78, 5) is 4.30. The molecule has 0 saturated heterocycles. The van der Waals surface area contributed by atoms with Gasteiger partial charge >= 0.3 is 0 Å². The first-order valence-corrected chi connectivity index (χ1v) is 7.44. The normalized spacial score (nSPS) is 11.1. The van der Waals surface area contributed by atoms with Crippen molar-refractivity contribution in [3.05, 3.63) is 41.3 Å². The molecule has 21 heavy (non-hydrogen) atoms. The van der Waals surface area contributed by atoms with Crippen molar-refractivity contribution in [3.63, 3.8) is 0 Å². The van der Waals surface area contributed by atoms with E-state index >= 15 is 0 Å². The summed E-state index contributed by atoms with van der Waals surface area (Å²) in [5.41, 5.74) is 3.33. The zero-order valence-corrected chi connectivity index (χ0v) is 13.3. The van der Waals surface area contributed by atoms with Crippen LogP contribution in [0.1, 0.15) is 37.7 Å². The molecular weight excluding hydrogens is 264 g/mol. The molecule has 2 heterocycles. The standard InChI is InChI=1S/C16H24N4O/c1-5-20-15(9-13(4)19-20)11-17-10-14-7-6-8-18-16(14)21-12(2)3/h6-9,12,17H,5,10-11H2,1-4H3. The maximum Gasteiger partial charge on any atom is 0.218 e. The first-order valence-electron chi connectivity index (χ1n) is 7.44. The Morgan fingerprint density at radius 2 is 2.14 bits per heavy atom. The predicted octanol–water partition coefficient (Wildman–Crippen LogP) is 2.68. The lowest BCUT2D eigenvalue weighted by Gasteiger charge is -2.13. The Hall–Kier alpha value is -1.88. The Morgan fingerprint density at radius 1 is 1.33 bits per heavy atom. The zero-order chi connectivity index (χ0) is 15.2. The van der Waals surface area contributed by atoms with Crippen molar-refractivity contribution in [1.82, 2.24) is 20.1 Å². The molecule has 0 unspecified atom stereocenters. The first kappa shape index (κ1) is 15.5. The topological polar surface area (TPSA) is 52.0 Å². The van der Waals surface area contributed by atoms with Gasteiger partial charge < -0.3 is 10.1 Å². The second-order valence-electron chi connectivity index (χ2n) is 5.33. The van der Waals surface area contributed by atoms with E-state index in [0.717, 1.165) is 30.9 Å². The third-order valence-corrected chi connectivity index (χ3v) is 3.10. The second-order valence-corrected chi connectivity index (χ2v) is 5.33. The van der Waals surface area contributed by atoms with Crippen LogP contribution in [0.2, 0.25) is 0 Å². The number of pyridine rings is 1. The molecule has 0 aliphatic carbocycles. The van der Waals surface area contributed by atoms with E-state index in [-0.39, 0.29) is 6.10 Å². The van der Waals surface area contributed by atoms with Gasteiger partial charge in [-0.05, 0) is 39.8 Å². The van der Waals surface area contributed by atoms with E-state index in [2.05, 4.69) is 28.4 Å². The molecule has 0 spiro atoms. The number of aryl methyl sites for hydroxylation is 2. The molecule has 0 aliphatic heterocycles. The lowest BCUT2D eigenvalue weighted by Crippen LogP contribution is -2.18. The second kappa shape index (κ2) is 7.22. The number of ether oxygens (including phenoxy) is 1. The van der Waals surface area contributed by atoms with Gasteiger partial charge in [0, 0.05) is 31.4 Å². The molecule has 2 aromatic rings. The van der Waals surface area contributed by atoms with Crippen LogP contribution >= 0.6 is 0 Å². The minimum atomic E-state index is 0.128. The molecule has 0 saturated carbocycles. The quantitative estimate of drug-likeness (QED) is 0.851. The van der Waals surface area contributed by atoms with Gasteiger partial charge in [-0.25, -0.2) is 4.98 Å². The van der Waals surface area contributed by atoms with Crippen LogP contribution in [0.3, 0.4) is 0 Å². The number of aromatic nitrogens is 3. The summed E-state index contributed by atoms with van der Waals surface area (Å²) in [6.07, 6.45) is 1.89. The smallest absolute Gasteiger partial charge is 0.218 e. The molecule has 1 N–H and O–H groups in total. The Kier molecular flexibility index (Phi) is 5.33. The number of nitrogens with zero attached hydrogens (tertiary/aromatic N) is 3. The molecule has 0 atom stereocenters. The third kappa shape index (κ3) is 4.29. The van der Waals surface area contributed by atoms with Crippen LogP contribution in [0.5, 0.6) is 5.88 Å². The van der Waals surface area contributed by atoms with Crippen LogP contribution in [-0.4, -0.2) is 20.9 Å². The van der Waals surface area contributed by atoms with Crippen molar-refractivity contribution < 1.29 is 4.74 Å².